The zero-order valence-corrected chi connectivity index (χ0v) is 65.3. The molecule has 0 amide bonds. The maximum atomic E-state index is 11.6. The van der Waals surface area contributed by atoms with Crippen molar-refractivity contribution >= 4 is 160 Å². The molecule has 5 aliphatic rings. The van der Waals surface area contributed by atoms with Gasteiger partial charge in [-0.05, 0) is 184 Å². The third kappa shape index (κ3) is 21.1. The quantitative estimate of drug-likeness (QED) is 0.0275. The number of nitrogens with one attached hydrogen (secondary N) is 2. The number of non-ortho nitro benzene ring substituents is 3. The van der Waals surface area contributed by atoms with Crippen LogP contribution in [0.3, 0.4) is 0 Å². The molecule has 0 unspecified atom stereocenters. The number of Topliss-reactive ketones (excluding diaryl/α,β-unsaturated/α-hetero) is 4. The number of hydrazone groups is 1. The number of carbonyl (C=O) groups is 4. The predicted octanol–water partition coefficient (Wildman–Crippen LogP) is 16.0. The zero-order valence-electron chi connectivity index (χ0n) is 61.3. The van der Waals surface area contributed by atoms with E-state index in [1.807, 2.05) is 90.8 Å². The Morgan fingerprint density at radius 1 is 0.575 bits per heavy atom. The number of thioether (sulfide) groups is 4. The lowest BCUT2D eigenvalue weighted by molar-refractivity contribution is -0.455. The van der Waals surface area contributed by atoms with Gasteiger partial charge in [-0.15, -0.1) is 43.7 Å². The van der Waals surface area contributed by atoms with Crippen molar-refractivity contribution in [3.8, 4) is 61.6 Å². The number of fused-ring (bicyclic) bond motifs is 3. The van der Waals surface area contributed by atoms with Crippen molar-refractivity contribution in [2.24, 2.45) is 42.7 Å². The molecule has 33 heteroatoms. The number of methoxy groups -OCH3 is 1. The van der Waals surface area contributed by atoms with E-state index in [1.54, 1.807) is 49.4 Å². The summed E-state index contributed by atoms with van der Waals surface area (Å²) in [6, 6.07) is 45.5. The summed E-state index contributed by atoms with van der Waals surface area (Å²) in [6.45, 7) is 6.77. The first kappa shape index (κ1) is 81.8. The van der Waals surface area contributed by atoms with E-state index in [0.717, 1.165) is 77.6 Å². The number of nitro benzene ring substituents is 3. The molecule has 6 heterocycles. The third-order valence-electron chi connectivity index (χ3n) is 17.5. The van der Waals surface area contributed by atoms with Gasteiger partial charge in [0.2, 0.25) is 10.2 Å². The molecule has 2 aromatic heterocycles. The number of aliphatic imine (C=N–C) groups is 1. The number of hydrogen-bond acceptors (Lipinski definition) is 26. The Kier molecular flexibility index (Phi) is 26.9. The summed E-state index contributed by atoms with van der Waals surface area (Å²) >= 11 is 11.5. The number of ether oxygens (including phenoxy) is 1. The second-order valence-corrected chi connectivity index (χ2v) is 30.6. The molecule has 0 saturated carbocycles. The number of nitroso groups, excluding NO2 is 1. The number of halogens is 1. The Morgan fingerprint density at radius 2 is 1.12 bits per heavy atom. The van der Waals surface area contributed by atoms with Crippen LogP contribution in [0.1, 0.15) is 85.9 Å². The molecule has 0 bridgehead atoms. The number of carbonyl (C=O) groups excluding carboxylic acids is 4. The Balaban J connectivity index is 0.000000148. The van der Waals surface area contributed by atoms with Crippen LogP contribution in [0.4, 0.5) is 22.7 Å². The molecule has 1 aliphatic carbocycles. The van der Waals surface area contributed by atoms with Crippen LogP contribution >= 0.6 is 58.6 Å². The highest BCUT2D eigenvalue weighted by molar-refractivity contribution is 8.15. The van der Waals surface area contributed by atoms with Crippen molar-refractivity contribution in [3.05, 3.63) is 243 Å². The predicted molar refractivity (Wildman–Crippen MR) is 447 cm³/mol. The standard InChI is InChI=1S/C21H18N4O3S.C21H17N3O2S.C19H16ClN3O4S.C19H15N5O3S.H2O/c1-13(26)12-29-21-11-19(22-23-21)15-8-14(9-16(10-15)25(27)28)17-4-3-5-20-18(17)6-7-24(20)2;1-13(25)12-27-21-11-20(22-23-21)18-8-17(9-19(10-18)24-26)16-6-5-14-3-2-4-15(14)7-16;1-11(24)10-28-19-9-18(21-22-19)14-3-12(5-16(6-14)23(25)26)13-4-15(20)8-17(7-13)27-2;1-11(25)10-28-19-21-18(22-23-19)15-5-14(6-17(7-15)24(26)27)12-2-3-13-8-20-9-16(13)4-12;/h3-10H,11-12H2,1-2H3;2-3,5-10H,4,11-12H2,1H3;3-8H,9-10H2,1-2H3;2-7,9H,8,10H2,1H3,(H,21,22,23);1H2. The minimum Gasteiger partial charge on any atom is -0.870 e. The summed E-state index contributed by atoms with van der Waals surface area (Å²) in [7, 11) is 3.50. The van der Waals surface area contributed by atoms with E-state index >= 15 is 0 Å². The van der Waals surface area contributed by atoms with Gasteiger partial charge in [0, 0.05) is 107 Å². The third-order valence-corrected chi connectivity index (χ3v) is 22.1. The first-order valence-electron chi connectivity index (χ1n) is 34.5. The van der Waals surface area contributed by atoms with E-state index in [2.05, 4.69) is 86.3 Å². The molecule has 4 aliphatic heterocycles. The van der Waals surface area contributed by atoms with Gasteiger partial charge in [-0.2, -0.15) is 10.2 Å². The van der Waals surface area contributed by atoms with Gasteiger partial charge in [0.15, 0.2) is 5.82 Å². The summed E-state index contributed by atoms with van der Waals surface area (Å²) in [4.78, 5) is 97.6. The van der Waals surface area contributed by atoms with Crippen LogP contribution in [-0.4, -0.2) is 132 Å². The minimum atomic E-state index is -0.448. The summed E-state index contributed by atoms with van der Waals surface area (Å²) in [5.74, 6) is 2.61. The lowest BCUT2D eigenvalue weighted by atomic mass is 9.96. The summed E-state index contributed by atoms with van der Waals surface area (Å²) in [6.07, 6.45) is 10.5. The Morgan fingerprint density at radius 3 is 1.76 bits per heavy atom. The average molecular weight is 1610 g/mol. The molecule has 8 aromatic carbocycles. The lowest BCUT2D eigenvalue weighted by Gasteiger charge is -2.09. The number of nitro groups is 3. The van der Waals surface area contributed by atoms with Gasteiger partial charge >= 0.3 is 0 Å². The van der Waals surface area contributed by atoms with E-state index in [0.29, 0.717) is 120 Å². The van der Waals surface area contributed by atoms with Crippen molar-refractivity contribution in [1.82, 2.24) is 19.7 Å². The molecule has 572 valence electrons. The van der Waals surface area contributed by atoms with E-state index < -0.39 is 9.85 Å². The Bertz CT molecular complexity index is 5790. The first-order chi connectivity index (χ1) is 53.9. The number of nitrogens with zero attached hydrogens (tertiary/aromatic N) is 13. The second kappa shape index (κ2) is 37.2. The molecule has 0 atom stereocenters. The molecule has 0 fully saturated rings. The van der Waals surface area contributed by atoms with E-state index in [4.69, 9.17) is 16.3 Å². The molecule has 0 spiro atoms. The van der Waals surface area contributed by atoms with Crippen LogP contribution < -0.4 is 9.84 Å². The lowest BCUT2D eigenvalue weighted by Crippen LogP contribution is -2.62. The average Bonchev–Trinajstić information content (AvgIpc) is 1.70. The smallest absolute Gasteiger partial charge is 0.270 e. The Labute approximate surface area is 667 Å². The fraction of sp³-hybridized carbons (Fsp3) is 0.188. The van der Waals surface area contributed by atoms with E-state index in [9.17, 15) is 54.4 Å². The maximum Gasteiger partial charge on any atom is 0.270 e. The van der Waals surface area contributed by atoms with Crippen LogP contribution in [0.15, 0.2) is 205 Å². The Hall–Kier alpha value is -12.2. The second-order valence-electron chi connectivity index (χ2n) is 26.0. The number of ketones is 4. The summed E-state index contributed by atoms with van der Waals surface area (Å²) in [5.41, 5.74) is 17.5. The summed E-state index contributed by atoms with van der Waals surface area (Å²) in [5, 5.41) is 72.7. The van der Waals surface area contributed by atoms with Gasteiger partial charge in [0.1, 0.15) is 50.4 Å². The highest BCUT2D eigenvalue weighted by Gasteiger charge is 2.26. The van der Waals surface area contributed by atoms with Crippen molar-refractivity contribution in [2.45, 2.75) is 65.1 Å². The van der Waals surface area contributed by atoms with Gasteiger partial charge in [-0.3, -0.25) is 59.6 Å². The zero-order chi connectivity index (χ0) is 79.3. The molecular weight excluding hydrogens is 1540 g/mol. The highest BCUT2D eigenvalue weighted by atomic mass is 35.5. The normalized spacial score (nSPS) is 13.2. The molecule has 10 aromatic rings. The molecule has 0 radical (unpaired) electrons. The molecular formula is C80H68ClN15O13S4. The van der Waals surface area contributed by atoms with Gasteiger partial charge < -0.3 is 14.8 Å². The first-order valence-corrected chi connectivity index (χ1v) is 38.8. The van der Waals surface area contributed by atoms with Crippen molar-refractivity contribution in [1.29, 1.82) is 0 Å². The fourth-order valence-electron chi connectivity index (χ4n) is 12.1. The van der Waals surface area contributed by atoms with Crippen molar-refractivity contribution < 1.29 is 49.3 Å². The van der Waals surface area contributed by atoms with Gasteiger partial charge in [0.05, 0.1) is 69.3 Å². The molecule has 113 heavy (non-hydrogen) atoms. The van der Waals surface area contributed by atoms with Gasteiger partial charge in [-0.1, -0.05) is 94.8 Å². The van der Waals surface area contributed by atoms with Gasteiger partial charge in [0.25, 0.3) is 17.1 Å². The largest absolute Gasteiger partial charge is 0.870 e. The van der Waals surface area contributed by atoms with Crippen LogP contribution in [0.5, 0.6) is 5.75 Å². The molecule has 0 saturated heterocycles. The number of benzene rings is 8. The number of allylic oxidation sites excluding steroid dienone is 1. The SMILES string of the molecule is CC(=O)CSC1=NN=C(c2cc(-c3cccc4c3ccn4C)cc([N+](=O)[O-])c2)C1.CC(=O)CSC1=[NH+]N=C(c2cc(N=O)cc(-c3ccc4c(c3)CC=C4)c2)C1.CC(=O)CSc1n[nH]c(-c2cc(-c3ccc4c(c3)C=NC4)cc([N+](=O)[O-])c2)n1.COc1cc(Cl)cc(-c2cc(C3=NN=C(SCC(C)=O)C3)cc([N+](=O)[O-])c2)c1.[OH-]. The monoisotopic (exact) mass is 1610 g/mol. The van der Waals surface area contributed by atoms with Gasteiger partial charge in [-0.25, -0.2) is 4.98 Å². The van der Waals surface area contributed by atoms with Crippen LogP contribution in [0, 0.1) is 35.3 Å². The van der Waals surface area contributed by atoms with E-state index in [-0.39, 0.29) is 56.3 Å². The van der Waals surface area contributed by atoms with Crippen LogP contribution in [0.25, 0.3) is 72.9 Å². The number of H-pyrrole nitrogens is 1. The van der Waals surface area contributed by atoms with E-state index in [1.165, 1.54) is 110 Å². The number of hydrogen-bond donors (Lipinski definition) is 2. The molecule has 28 nitrogen and oxygen atoms in total. The number of aromatic amines is 1. The number of aromatic nitrogens is 4. The van der Waals surface area contributed by atoms with Crippen molar-refractivity contribution in [2.75, 3.05) is 30.1 Å². The van der Waals surface area contributed by atoms with Crippen molar-refractivity contribution in [3.63, 3.8) is 0 Å². The topological polar surface area (TPSA) is 401 Å². The van der Waals surface area contributed by atoms with Crippen LogP contribution in [-0.2, 0) is 39.2 Å². The summed E-state index contributed by atoms with van der Waals surface area (Å²) < 4.78 is 7.25. The maximum absolute atomic E-state index is 11.6. The highest BCUT2D eigenvalue weighted by Crippen LogP contribution is 2.38. The minimum absolute atomic E-state index is 0. The molecule has 15 rings (SSSR count). The number of rotatable bonds is 22. The fourth-order valence-corrected chi connectivity index (χ4v) is 15.1. The number of aryl methyl sites for hydroxylation is 1. The molecule has 3 N–H and O–H groups in total. The van der Waals surface area contributed by atoms with Crippen LogP contribution in [0.2, 0.25) is 5.02 Å².